The number of ketones is 1. The fourth-order valence-corrected chi connectivity index (χ4v) is 5.77. The molecule has 0 saturated heterocycles. The molecule has 2 fully saturated rings. The normalized spacial score (nSPS) is 30.4. The number of methoxy groups -OCH3 is 2. The molecule has 1 aromatic carbocycles. The minimum absolute atomic E-state index is 0.0233. The van der Waals surface area contributed by atoms with Gasteiger partial charge in [-0.05, 0) is 54.6 Å². The van der Waals surface area contributed by atoms with E-state index in [9.17, 15) is 4.79 Å². The van der Waals surface area contributed by atoms with Gasteiger partial charge in [0.1, 0.15) is 11.5 Å². The molecule has 2 saturated carbocycles. The highest BCUT2D eigenvalue weighted by Crippen LogP contribution is 2.61. The van der Waals surface area contributed by atoms with Crippen molar-refractivity contribution in [3.8, 4) is 11.5 Å². The van der Waals surface area contributed by atoms with Crippen molar-refractivity contribution >= 4 is 5.78 Å². The first-order valence-electron chi connectivity index (χ1n) is 9.68. The Hall–Kier alpha value is -1.77. The molecule has 0 spiro atoms. The van der Waals surface area contributed by atoms with Gasteiger partial charge in [0.15, 0.2) is 5.78 Å². The molecular weight excluding hydrogens is 324 g/mol. The van der Waals surface area contributed by atoms with Gasteiger partial charge < -0.3 is 9.47 Å². The molecule has 0 aliphatic heterocycles. The van der Waals surface area contributed by atoms with E-state index in [1.165, 1.54) is 12.8 Å². The van der Waals surface area contributed by atoms with E-state index >= 15 is 0 Å². The van der Waals surface area contributed by atoms with Crippen molar-refractivity contribution in [1.29, 1.82) is 0 Å². The summed E-state index contributed by atoms with van der Waals surface area (Å²) in [6.07, 6.45) is 5.61. The molecule has 26 heavy (non-hydrogen) atoms. The smallest absolute Gasteiger partial charge is 0.170 e. The largest absolute Gasteiger partial charge is 0.497 e. The van der Waals surface area contributed by atoms with Crippen LogP contribution in [-0.4, -0.2) is 20.0 Å². The Morgan fingerprint density at radius 2 is 1.69 bits per heavy atom. The molecule has 3 atom stereocenters. The highest BCUT2D eigenvalue weighted by molar-refractivity contribution is 6.01. The molecule has 0 radical (unpaired) electrons. The number of allylic oxidation sites excluding steroid dienone is 1. The van der Waals surface area contributed by atoms with Gasteiger partial charge in [-0.2, -0.15) is 0 Å². The summed E-state index contributed by atoms with van der Waals surface area (Å²) < 4.78 is 10.7. The first-order valence-corrected chi connectivity index (χ1v) is 9.68. The second-order valence-corrected chi connectivity index (χ2v) is 9.00. The molecule has 2 aliphatic carbocycles. The van der Waals surface area contributed by atoms with E-state index in [-0.39, 0.29) is 22.5 Å². The first kappa shape index (κ1) is 19.0. The summed E-state index contributed by atoms with van der Waals surface area (Å²) in [5, 5.41) is 0. The van der Waals surface area contributed by atoms with Crippen LogP contribution < -0.4 is 9.47 Å². The SMILES string of the molecule is C=C1CCC2C(C)(C)CCCC2(C)C1C(=O)c1cc(OC)cc(OC)c1. The van der Waals surface area contributed by atoms with Gasteiger partial charge in [0.25, 0.3) is 0 Å². The molecular formula is C23H32O3. The topological polar surface area (TPSA) is 35.5 Å². The molecule has 0 N–H and O–H groups in total. The molecule has 3 rings (SSSR count). The number of carbonyl (C=O) groups excluding carboxylic acids is 1. The Kier molecular flexibility index (Phi) is 4.94. The van der Waals surface area contributed by atoms with E-state index in [0.29, 0.717) is 23.0 Å². The van der Waals surface area contributed by atoms with E-state index in [0.717, 1.165) is 24.8 Å². The van der Waals surface area contributed by atoms with Crippen LogP contribution >= 0.6 is 0 Å². The zero-order valence-electron chi connectivity index (χ0n) is 16.9. The predicted octanol–water partition coefficient (Wildman–Crippen LogP) is 5.69. The number of carbonyl (C=O) groups is 1. The number of ether oxygens (including phenoxy) is 2. The summed E-state index contributed by atoms with van der Waals surface area (Å²) in [4.78, 5) is 13.6. The molecule has 0 bridgehead atoms. The van der Waals surface area contributed by atoms with Crippen LogP contribution in [0.3, 0.4) is 0 Å². The van der Waals surface area contributed by atoms with Crippen molar-refractivity contribution in [3.63, 3.8) is 0 Å². The lowest BCUT2D eigenvalue weighted by Gasteiger charge is -2.57. The van der Waals surface area contributed by atoms with E-state index in [2.05, 4.69) is 27.4 Å². The van der Waals surface area contributed by atoms with Gasteiger partial charge in [-0.15, -0.1) is 0 Å². The number of hydrogen-bond acceptors (Lipinski definition) is 3. The molecule has 1 aromatic rings. The van der Waals surface area contributed by atoms with Crippen molar-refractivity contribution in [3.05, 3.63) is 35.9 Å². The van der Waals surface area contributed by atoms with E-state index in [1.807, 2.05) is 12.1 Å². The molecule has 3 nitrogen and oxygen atoms in total. The summed E-state index contributed by atoms with van der Waals surface area (Å²) in [6, 6.07) is 5.47. The summed E-state index contributed by atoms with van der Waals surface area (Å²) in [5.41, 5.74) is 2.01. The molecule has 142 valence electrons. The highest BCUT2D eigenvalue weighted by atomic mass is 16.5. The maximum Gasteiger partial charge on any atom is 0.170 e. The molecule has 0 amide bonds. The first-order chi connectivity index (χ1) is 12.2. The van der Waals surface area contributed by atoms with Crippen LogP contribution in [0.15, 0.2) is 30.4 Å². The van der Waals surface area contributed by atoms with Crippen LogP contribution in [0.1, 0.15) is 63.2 Å². The van der Waals surface area contributed by atoms with Gasteiger partial charge in [0, 0.05) is 17.5 Å². The third-order valence-electron chi connectivity index (χ3n) is 7.00. The number of rotatable bonds is 4. The zero-order chi connectivity index (χ0) is 19.1. The van der Waals surface area contributed by atoms with Gasteiger partial charge in [-0.1, -0.05) is 39.3 Å². The van der Waals surface area contributed by atoms with Gasteiger partial charge >= 0.3 is 0 Å². The average Bonchev–Trinajstić information content (AvgIpc) is 2.59. The monoisotopic (exact) mass is 356 g/mol. The van der Waals surface area contributed by atoms with Crippen molar-refractivity contribution in [2.45, 2.75) is 52.9 Å². The lowest BCUT2D eigenvalue weighted by atomic mass is 9.47. The highest BCUT2D eigenvalue weighted by Gasteiger charge is 2.55. The maximum absolute atomic E-state index is 13.6. The molecule has 3 heteroatoms. The van der Waals surface area contributed by atoms with Gasteiger partial charge in [-0.3, -0.25) is 4.79 Å². The van der Waals surface area contributed by atoms with Crippen LogP contribution in [-0.2, 0) is 0 Å². The maximum atomic E-state index is 13.6. The number of hydrogen-bond donors (Lipinski definition) is 0. The number of fused-ring (bicyclic) bond motifs is 1. The Morgan fingerprint density at radius 3 is 2.27 bits per heavy atom. The summed E-state index contributed by atoms with van der Waals surface area (Å²) in [5.74, 6) is 1.89. The van der Waals surface area contributed by atoms with Crippen LogP contribution in [0.2, 0.25) is 0 Å². The summed E-state index contributed by atoms with van der Waals surface area (Å²) in [6.45, 7) is 11.4. The predicted molar refractivity (Wildman–Crippen MR) is 105 cm³/mol. The second kappa shape index (κ2) is 6.75. The third-order valence-corrected chi connectivity index (χ3v) is 7.00. The van der Waals surface area contributed by atoms with Crippen LogP contribution in [0, 0.1) is 22.7 Å². The average molecular weight is 357 g/mol. The fraction of sp³-hybridized carbons (Fsp3) is 0.609. The zero-order valence-corrected chi connectivity index (χ0v) is 16.9. The number of benzene rings is 1. The third kappa shape index (κ3) is 3.06. The lowest BCUT2D eigenvalue weighted by molar-refractivity contribution is -0.0432. The fourth-order valence-electron chi connectivity index (χ4n) is 5.77. The minimum atomic E-state index is -0.127. The van der Waals surface area contributed by atoms with Gasteiger partial charge in [0.05, 0.1) is 14.2 Å². The molecule has 2 aliphatic rings. The quantitative estimate of drug-likeness (QED) is 0.514. The second-order valence-electron chi connectivity index (χ2n) is 9.00. The van der Waals surface area contributed by atoms with Crippen LogP contribution in [0.5, 0.6) is 11.5 Å². The van der Waals surface area contributed by atoms with Crippen molar-refractivity contribution < 1.29 is 14.3 Å². The van der Waals surface area contributed by atoms with Crippen molar-refractivity contribution in [2.24, 2.45) is 22.7 Å². The van der Waals surface area contributed by atoms with Crippen LogP contribution in [0.4, 0.5) is 0 Å². The van der Waals surface area contributed by atoms with Crippen LogP contribution in [0.25, 0.3) is 0 Å². The molecule has 0 heterocycles. The Bertz CT molecular complexity index is 696. The Labute approximate surface area is 157 Å². The number of Topliss-reactive ketones (excluding diaryl/α,β-unsaturated/α-hetero) is 1. The molecule has 0 aromatic heterocycles. The van der Waals surface area contributed by atoms with Gasteiger partial charge in [-0.25, -0.2) is 0 Å². The summed E-state index contributed by atoms with van der Waals surface area (Å²) >= 11 is 0. The lowest BCUT2D eigenvalue weighted by Crippen LogP contribution is -2.51. The van der Waals surface area contributed by atoms with E-state index in [4.69, 9.17) is 9.47 Å². The van der Waals surface area contributed by atoms with E-state index in [1.54, 1.807) is 20.3 Å². The van der Waals surface area contributed by atoms with E-state index < -0.39 is 0 Å². The van der Waals surface area contributed by atoms with Crippen molar-refractivity contribution in [2.75, 3.05) is 14.2 Å². The summed E-state index contributed by atoms with van der Waals surface area (Å²) in [7, 11) is 3.23. The minimum Gasteiger partial charge on any atom is -0.497 e. The molecule has 3 unspecified atom stereocenters. The standard InChI is InChI=1S/C23H32O3/c1-15-8-9-19-22(2,3)10-7-11-23(19,4)20(15)21(24)16-12-17(25-5)14-18(13-16)26-6/h12-14,19-20H,1,7-11H2,2-6H3. The van der Waals surface area contributed by atoms with Crippen molar-refractivity contribution in [1.82, 2.24) is 0 Å². The van der Waals surface area contributed by atoms with Gasteiger partial charge in [0.2, 0.25) is 0 Å². The Morgan fingerprint density at radius 1 is 1.08 bits per heavy atom. The Balaban J connectivity index is 2.03.